The van der Waals surface area contributed by atoms with Crippen LogP contribution in [0.15, 0.2) is 24.3 Å². The van der Waals surface area contributed by atoms with Crippen LogP contribution in [0.2, 0.25) is 0 Å². The van der Waals surface area contributed by atoms with Gasteiger partial charge in [0.15, 0.2) is 0 Å². The SMILES string of the molecule is CSCCNS(=O)(=O)Cc1ccccc1C(N)=S. The number of hydrogen-bond acceptors (Lipinski definition) is 4. The number of hydrogen-bond donors (Lipinski definition) is 2. The van der Waals surface area contributed by atoms with Crippen LogP contribution in [0.3, 0.4) is 0 Å². The molecule has 3 N–H and O–H groups in total. The van der Waals surface area contributed by atoms with Crippen LogP contribution in [-0.4, -0.2) is 32.0 Å². The minimum atomic E-state index is -3.34. The van der Waals surface area contributed by atoms with Crippen molar-refractivity contribution < 1.29 is 8.42 Å². The molecule has 0 aromatic heterocycles. The summed E-state index contributed by atoms with van der Waals surface area (Å²) >= 11 is 6.49. The van der Waals surface area contributed by atoms with E-state index in [2.05, 4.69) is 4.72 Å². The second kappa shape index (κ2) is 7.08. The van der Waals surface area contributed by atoms with E-state index in [0.717, 1.165) is 5.75 Å². The second-order valence-corrected chi connectivity index (χ2v) is 6.90. The minimum absolute atomic E-state index is 0.102. The van der Waals surface area contributed by atoms with Crippen LogP contribution in [0, 0.1) is 0 Å². The summed E-state index contributed by atoms with van der Waals surface area (Å²) in [6, 6.07) is 7.01. The van der Waals surface area contributed by atoms with E-state index in [1.165, 1.54) is 0 Å². The Morgan fingerprint density at radius 3 is 2.72 bits per heavy atom. The number of benzene rings is 1. The van der Waals surface area contributed by atoms with Crippen molar-refractivity contribution in [2.24, 2.45) is 5.73 Å². The minimum Gasteiger partial charge on any atom is -0.389 e. The zero-order valence-electron chi connectivity index (χ0n) is 10.0. The molecule has 4 nitrogen and oxygen atoms in total. The van der Waals surface area contributed by atoms with Crippen molar-refractivity contribution in [1.29, 1.82) is 0 Å². The Hall–Kier alpha value is -0.630. The van der Waals surface area contributed by atoms with Gasteiger partial charge < -0.3 is 5.73 Å². The fourth-order valence-corrected chi connectivity index (χ4v) is 3.25. The van der Waals surface area contributed by atoms with Gasteiger partial charge >= 0.3 is 0 Å². The summed E-state index contributed by atoms with van der Waals surface area (Å²) in [7, 11) is -3.34. The Morgan fingerprint density at radius 2 is 2.11 bits per heavy atom. The summed E-state index contributed by atoms with van der Waals surface area (Å²) in [6.45, 7) is 0.429. The van der Waals surface area contributed by atoms with Crippen LogP contribution in [0.25, 0.3) is 0 Å². The highest BCUT2D eigenvalue weighted by Gasteiger charge is 2.14. The van der Waals surface area contributed by atoms with Crippen LogP contribution in [0.4, 0.5) is 0 Å². The van der Waals surface area contributed by atoms with E-state index in [4.69, 9.17) is 18.0 Å². The standard InChI is InChI=1S/C11H16N2O2S3/c1-17-7-6-13-18(14,15)8-9-4-2-3-5-10(9)11(12)16/h2-5,13H,6-8H2,1H3,(H2,12,16). The molecule has 100 valence electrons. The first-order chi connectivity index (χ1) is 8.46. The van der Waals surface area contributed by atoms with Crippen LogP contribution in [0.1, 0.15) is 11.1 Å². The number of sulfonamides is 1. The molecule has 18 heavy (non-hydrogen) atoms. The molecule has 0 aliphatic carbocycles. The number of rotatable bonds is 7. The molecule has 1 rings (SSSR count). The molecular weight excluding hydrogens is 288 g/mol. The number of thioether (sulfide) groups is 1. The van der Waals surface area contributed by atoms with Gasteiger partial charge in [-0.25, -0.2) is 13.1 Å². The Balaban J connectivity index is 2.81. The van der Waals surface area contributed by atoms with Crippen molar-refractivity contribution in [3.63, 3.8) is 0 Å². The first-order valence-corrected chi connectivity index (χ1v) is 8.75. The molecule has 0 bridgehead atoms. The van der Waals surface area contributed by atoms with Gasteiger partial charge in [0.2, 0.25) is 10.0 Å². The molecule has 0 saturated heterocycles. The molecule has 0 heterocycles. The first kappa shape index (κ1) is 15.4. The Bertz CT molecular complexity index is 515. The molecule has 0 aliphatic heterocycles. The summed E-state index contributed by atoms with van der Waals surface area (Å²) in [4.78, 5) is 0.213. The molecule has 1 aromatic rings. The monoisotopic (exact) mass is 304 g/mol. The first-order valence-electron chi connectivity index (χ1n) is 5.30. The lowest BCUT2D eigenvalue weighted by molar-refractivity contribution is 0.583. The van der Waals surface area contributed by atoms with E-state index in [1.807, 2.05) is 6.26 Å². The Labute approximate surface area is 117 Å². The molecular formula is C11H16N2O2S3. The Morgan fingerprint density at radius 1 is 1.44 bits per heavy atom. The number of nitrogens with two attached hydrogens (primary N) is 1. The van der Waals surface area contributed by atoms with Gasteiger partial charge in [-0.3, -0.25) is 0 Å². The second-order valence-electron chi connectivity index (χ2n) is 3.67. The average Bonchev–Trinajstić information content (AvgIpc) is 2.29. The topological polar surface area (TPSA) is 72.2 Å². The quantitative estimate of drug-likeness (QED) is 0.583. The molecule has 0 atom stereocenters. The molecule has 0 amide bonds. The summed E-state index contributed by atoms with van der Waals surface area (Å²) in [6.07, 6.45) is 1.93. The molecule has 0 spiro atoms. The van der Waals surface area contributed by atoms with Gasteiger partial charge in [0.05, 0.1) is 5.75 Å². The lowest BCUT2D eigenvalue weighted by atomic mass is 10.1. The molecule has 0 fully saturated rings. The van der Waals surface area contributed by atoms with Crippen molar-refractivity contribution in [2.75, 3.05) is 18.6 Å². The summed E-state index contributed by atoms with van der Waals surface area (Å²) in [5, 5.41) is 0. The highest BCUT2D eigenvalue weighted by Crippen LogP contribution is 2.12. The lowest BCUT2D eigenvalue weighted by Gasteiger charge is -2.09. The fraction of sp³-hybridized carbons (Fsp3) is 0.364. The summed E-state index contributed by atoms with van der Waals surface area (Å²) in [5.41, 5.74) is 6.81. The zero-order chi connectivity index (χ0) is 13.6. The zero-order valence-corrected chi connectivity index (χ0v) is 12.5. The lowest BCUT2D eigenvalue weighted by Crippen LogP contribution is -2.28. The van der Waals surface area contributed by atoms with Crippen molar-refractivity contribution in [2.45, 2.75) is 5.75 Å². The van der Waals surface area contributed by atoms with Crippen molar-refractivity contribution >= 4 is 39.0 Å². The van der Waals surface area contributed by atoms with E-state index < -0.39 is 10.0 Å². The predicted octanol–water partition coefficient (Wildman–Crippen LogP) is 1.10. The molecule has 0 radical (unpaired) electrons. The van der Waals surface area contributed by atoms with Crippen molar-refractivity contribution in [3.05, 3.63) is 35.4 Å². The largest absolute Gasteiger partial charge is 0.389 e. The van der Waals surface area contributed by atoms with Gasteiger partial charge in [0.1, 0.15) is 4.99 Å². The van der Waals surface area contributed by atoms with E-state index in [1.54, 1.807) is 36.0 Å². The molecule has 0 unspecified atom stereocenters. The van der Waals surface area contributed by atoms with Gasteiger partial charge in [0.25, 0.3) is 0 Å². The van der Waals surface area contributed by atoms with Gasteiger partial charge in [-0.15, -0.1) is 0 Å². The number of thiocarbonyl (C=S) groups is 1. The summed E-state index contributed by atoms with van der Waals surface area (Å²) in [5.74, 6) is 0.644. The normalized spacial score (nSPS) is 11.4. The van der Waals surface area contributed by atoms with Crippen LogP contribution >= 0.6 is 24.0 Å². The van der Waals surface area contributed by atoms with Crippen LogP contribution in [-0.2, 0) is 15.8 Å². The van der Waals surface area contributed by atoms with Crippen molar-refractivity contribution in [3.8, 4) is 0 Å². The maximum absolute atomic E-state index is 11.8. The smallest absolute Gasteiger partial charge is 0.215 e. The predicted molar refractivity (Wildman–Crippen MR) is 81.3 cm³/mol. The Kier molecular flexibility index (Phi) is 6.07. The van der Waals surface area contributed by atoms with Gasteiger partial charge in [0, 0.05) is 17.9 Å². The molecule has 1 aromatic carbocycles. The third-order valence-corrected chi connectivity index (χ3v) is 4.42. The highest BCUT2D eigenvalue weighted by atomic mass is 32.2. The van der Waals surface area contributed by atoms with E-state index in [9.17, 15) is 8.42 Å². The van der Waals surface area contributed by atoms with Gasteiger partial charge in [-0.1, -0.05) is 36.5 Å². The summed E-state index contributed by atoms with van der Waals surface area (Å²) < 4.78 is 26.2. The van der Waals surface area contributed by atoms with Crippen molar-refractivity contribution in [1.82, 2.24) is 4.72 Å². The number of nitrogens with one attached hydrogen (secondary N) is 1. The van der Waals surface area contributed by atoms with E-state index in [0.29, 0.717) is 17.7 Å². The maximum atomic E-state index is 11.8. The molecule has 7 heteroatoms. The third-order valence-electron chi connectivity index (χ3n) is 2.26. The van der Waals surface area contributed by atoms with E-state index in [-0.39, 0.29) is 10.7 Å². The molecule has 0 saturated carbocycles. The third kappa shape index (κ3) is 4.93. The van der Waals surface area contributed by atoms with Crippen LogP contribution in [0.5, 0.6) is 0 Å². The van der Waals surface area contributed by atoms with Crippen LogP contribution < -0.4 is 10.5 Å². The average molecular weight is 304 g/mol. The highest BCUT2D eigenvalue weighted by molar-refractivity contribution is 7.98. The molecule has 0 aliphatic rings. The van der Waals surface area contributed by atoms with Gasteiger partial charge in [-0.05, 0) is 11.8 Å². The van der Waals surface area contributed by atoms with E-state index >= 15 is 0 Å². The fourth-order valence-electron chi connectivity index (χ4n) is 1.44. The van der Waals surface area contributed by atoms with Gasteiger partial charge in [-0.2, -0.15) is 11.8 Å². The maximum Gasteiger partial charge on any atom is 0.215 e.